The van der Waals surface area contributed by atoms with Crippen molar-refractivity contribution in [1.29, 1.82) is 0 Å². The van der Waals surface area contributed by atoms with E-state index in [-0.39, 0.29) is 17.3 Å². The van der Waals surface area contributed by atoms with E-state index in [9.17, 15) is 14.4 Å². The molecule has 3 aromatic carbocycles. The summed E-state index contributed by atoms with van der Waals surface area (Å²) in [5.41, 5.74) is 2.35. The Morgan fingerprint density at radius 1 is 0.906 bits per heavy atom. The van der Waals surface area contributed by atoms with E-state index in [1.807, 2.05) is 30.3 Å². The fraction of sp³-hybridized carbons (Fsp3) is 0.0385. The Hall–Kier alpha value is -4.45. The molecular formula is C26H18O6. The standard InChI is InChI=1S/C26H18O6/c1-30-26(29)19-10-7-18(8-11-19)15-23-25(28)21-13-12-20(16-22(21)32-23)31-24(27)14-9-17-5-3-2-4-6-17/h2-16H,1H3/b14-9+,23-15-. The zero-order valence-electron chi connectivity index (χ0n) is 17.1. The number of ketones is 1. The molecular weight excluding hydrogens is 408 g/mol. The molecule has 0 saturated carbocycles. The maximum Gasteiger partial charge on any atom is 0.337 e. The van der Waals surface area contributed by atoms with E-state index in [1.54, 1.807) is 48.6 Å². The number of benzene rings is 3. The summed E-state index contributed by atoms with van der Waals surface area (Å²) in [6.45, 7) is 0. The van der Waals surface area contributed by atoms with Crippen LogP contribution in [0, 0.1) is 0 Å². The maximum atomic E-state index is 12.6. The van der Waals surface area contributed by atoms with Gasteiger partial charge < -0.3 is 14.2 Å². The smallest absolute Gasteiger partial charge is 0.337 e. The van der Waals surface area contributed by atoms with Crippen molar-refractivity contribution in [2.45, 2.75) is 0 Å². The third-order valence-corrected chi connectivity index (χ3v) is 4.70. The first-order valence-electron chi connectivity index (χ1n) is 9.75. The zero-order chi connectivity index (χ0) is 22.5. The van der Waals surface area contributed by atoms with Gasteiger partial charge in [-0.25, -0.2) is 9.59 Å². The lowest BCUT2D eigenvalue weighted by Crippen LogP contribution is -2.03. The van der Waals surface area contributed by atoms with Crippen LogP contribution in [0.25, 0.3) is 12.2 Å². The van der Waals surface area contributed by atoms with Gasteiger partial charge in [0.15, 0.2) is 5.76 Å². The highest BCUT2D eigenvalue weighted by molar-refractivity contribution is 6.14. The predicted octanol–water partition coefficient (Wildman–Crippen LogP) is 4.71. The van der Waals surface area contributed by atoms with Crippen molar-refractivity contribution in [1.82, 2.24) is 0 Å². The van der Waals surface area contributed by atoms with Crippen molar-refractivity contribution in [2.24, 2.45) is 0 Å². The molecule has 0 bridgehead atoms. The first kappa shape index (κ1) is 20.8. The van der Waals surface area contributed by atoms with Crippen LogP contribution < -0.4 is 9.47 Å². The van der Waals surface area contributed by atoms with Crippen LogP contribution in [-0.4, -0.2) is 24.8 Å². The molecule has 0 fully saturated rings. The summed E-state index contributed by atoms with van der Waals surface area (Å²) in [7, 11) is 1.31. The van der Waals surface area contributed by atoms with E-state index in [0.29, 0.717) is 22.4 Å². The highest BCUT2D eigenvalue weighted by Gasteiger charge is 2.28. The number of hydrogen-bond acceptors (Lipinski definition) is 6. The Morgan fingerprint density at radius 2 is 1.66 bits per heavy atom. The van der Waals surface area contributed by atoms with Gasteiger partial charge in [0.05, 0.1) is 18.2 Å². The molecule has 0 amide bonds. The van der Waals surface area contributed by atoms with Crippen LogP contribution in [0.5, 0.6) is 11.5 Å². The Labute approximate surface area is 184 Å². The molecule has 6 heteroatoms. The van der Waals surface area contributed by atoms with Crippen molar-refractivity contribution in [3.8, 4) is 11.5 Å². The summed E-state index contributed by atoms with van der Waals surface area (Å²) >= 11 is 0. The Balaban J connectivity index is 1.46. The van der Waals surface area contributed by atoms with E-state index < -0.39 is 11.9 Å². The molecule has 0 radical (unpaired) electrons. The van der Waals surface area contributed by atoms with Gasteiger partial charge in [-0.1, -0.05) is 42.5 Å². The molecule has 32 heavy (non-hydrogen) atoms. The van der Waals surface area contributed by atoms with E-state index in [4.69, 9.17) is 9.47 Å². The topological polar surface area (TPSA) is 78.9 Å². The molecule has 1 heterocycles. The number of Topliss-reactive ketones (excluding diaryl/α,β-unsaturated/α-hetero) is 1. The molecule has 4 rings (SSSR count). The first-order valence-corrected chi connectivity index (χ1v) is 9.75. The molecule has 1 aliphatic rings. The Morgan fingerprint density at radius 3 is 2.38 bits per heavy atom. The molecule has 158 valence electrons. The fourth-order valence-electron chi connectivity index (χ4n) is 3.09. The van der Waals surface area contributed by atoms with Crippen LogP contribution in [0.2, 0.25) is 0 Å². The average Bonchev–Trinajstić information content (AvgIpc) is 3.12. The molecule has 0 atom stereocenters. The first-order chi connectivity index (χ1) is 15.5. The van der Waals surface area contributed by atoms with E-state index in [2.05, 4.69) is 4.74 Å². The molecule has 0 aromatic heterocycles. The van der Waals surface area contributed by atoms with Crippen molar-refractivity contribution in [3.05, 3.63) is 107 Å². The summed E-state index contributed by atoms with van der Waals surface area (Å²) in [6.07, 6.45) is 4.57. The highest BCUT2D eigenvalue weighted by atomic mass is 16.5. The summed E-state index contributed by atoms with van der Waals surface area (Å²) in [4.78, 5) is 36.3. The van der Waals surface area contributed by atoms with Crippen LogP contribution in [0.3, 0.4) is 0 Å². The zero-order valence-corrected chi connectivity index (χ0v) is 17.1. The molecule has 0 unspecified atom stereocenters. The fourth-order valence-corrected chi connectivity index (χ4v) is 3.09. The van der Waals surface area contributed by atoms with E-state index >= 15 is 0 Å². The molecule has 1 aliphatic heterocycles. The monoisotopic (exact) mass is 426 g/mol. The molecule has 0 saturated heterocycles. The number of allylic oxidation sites excluding steroid dienone is 1. The second-order valence-electron chi connectivity index (χ2n) is 6.88. The second kappa shape index (κ2) is 9.14. The van der Waals surface area contributed by atoms with Gasteiger partial charge in [0.1, 0.15) is 11.5 Å². The van der Waals surface area contributed by atoms with Gasteiger partial charge in [-0.2, -0.15) is 0 Å². The lowest BCUT2D eigenvalue weighted by molar-refractivity contribution is -0.128. The van der Waals surface area contributed by atoms with Gasteiger partial charge in [-0.15, -0.1) is 0 Å². The van der Waals surface area contributed by atoms with E-state index in [1.165, 1.54) is 19.3 Å². The Kier molecular flexibility index (Phi) is 5.94. The molecule has 0 spiro atoms. The van der Waals surface area contributed by atoms with Crippen LogP contribution in [0.4, 0.5) is 0 Å². The SMILES string of the molecule is COC(=O)c1ccc(/C=C2\Oc3cc(OC(=O)/C=C/c4ccccc4)ccc3C2=O)cc1. The van der Waals surface area contributed by atoms with Gasteiger partial charge >= 0.3 is 11.9 Å². The van der Waals surface area contributed by atoms with Crippen LogP contribution in [0.15, 0.2) is 84.6 Å². The number of fused-ring (bicyclic) bond motifs is 1. The minimum absolute atomic E-state index is 0.137. The minimum atomic E-state index is -0.542. The molecule has 0 aliphatic carbocycles. The average molecular weight is 426 g/mol. The lowest BCUT2D eigenvalue weighted by Gasteiger charge is -2.03. The molecule has 3 aromatic rings. The highest BCUT2D eigenvalue weighted by Crippen LogP contribution is 2.35. The number of carbonyl (C=O) groups excluding carboxylic acids is 3. The van der Waals surface area contributed by atoms with Gasteiger partial charge in [-0.3, -0.25) is 4.79 Å². The third-order valence-electron chi connectivity index (χ3n) is 4.70. The predicted molar refractivity (Wildman–Crippen MR) is 118 cm³/mol. The normalized spacial score (nSPS) is 13.7. The maximum absolute atomic E-state index is 12.6. The lowest BCUT2D eigenvalue weighted by atomic mass is 10.1. The summed E-state index contributed by atoms with van der Waals surface area (Å²) in [5, 5.41) is 0. The van der Waals surface area contributed by atoms with Gasteiger partial charge in [0.25, 0.3) is 0 Å². The summed E-state index contributed by atoms with van der Waals surface area (Å²) in [6, 6.07) is 20.6. The third kappa shape index (κ3) is 4.65. The number of esters is 2. The number of methoxy groups -OCH3 is 1. The second-order valence-corrected chi connectivity index (χ2v) is 6.88. The van der Waals surface area contributed by atoms with Gasteiger partial charge in [0.2, 0.25) is 5.78 Å². The van der Waals surface area contributed by atoms with Gasteiger partial charge in [0, 0.05) is 12.1 Å². The summed E-state index contributed by atoms with van der Waals surface area (Å²) in [5.74, 6) is -0.546. The van der Waals surface area contributed by atoms with E-state index in [0.717, 1.165) is 5.56 Å². The summed E-state index contributed by atoms with van der Waals surface area (Å²) < 4.78 is 15.7. The molecule has 0 N–H and O–H groups in total. The molecule has 6 nitrogen and oxygen atoms in total. The number of hydrogen-bond donors (Lipinski definition) is 0. The van der Waals surface area contributed by atoms with Crippen molar-refractivity contribution in [3.63, 3.8) is 0 Å². The number of rotatable bonds is 5. The largest absolute Gasteiger partial charge is 0.465 e. The number of ether oxygens (including phenoxy) is 3. The number of carbonyl (C=O) groups is 3. The van der Waals surface area contributed by atoms with Crippen molar-refractivity contribution in [2.75, 3.05) is 7.11 Å². The van der Waals surface area contributed by atoms with Crippen molar-refractivity contribution >= 4 is 29.9 Å². The van der Waals surface area contributed by atoms with Crippen LogP contribution in [0.1, 0.15) is 31.8 Å². The van der Waals surface area contributed by atoms with Gasteiger partial charge in [-0.05, 0) is 47.5 Å². The van der Waals surface area contributed by atoms with Crippen LogP contribution in [-0.2, 0) is 9.53 Å². The minimum Gasteiger partial charge on any atom is -0.465 e. The quantitative estimate of drug-likeness (QED) is 0.334. The Bertz CT molecular complexity index is 1240. The van der Waals surface area contributed by atoms with Crippen molar-refractivity contribution < 1.29 is 28.6 Å². The van der Waals surface area contributed by atoms with Crippen LogP contribution >= 0.6 is 0 Å².